The quantitative estimate of drug-likeness (QED) is 0.848. The van der Waals surface area contributed by atoms with Crippen LogP contribution in [0.2, 0.25) is 0 Å². The number of rotatable bonds is 4. The molecule has 2 aliphatic rings. The average molecular weight is 302 g/mol. The summed E-state index contributed by atoms with van der Waals surface area (Å²) in [6, 6.07) is 9.29. The van der Waals surface area contributed by atoms with Crippen LogP contribution in [0.25, 0.3) is 0 Å². The van der Waals surface area contributed by atoms with E-state index in [1.807, 2.05) is 6.07 Å². The van der Waals surface area contributed by atoms with E-state index in [1.165, 1.54) is 51.0 Å². The molecule has 22 heavy (non-hydrogen) atoms. The zero-order valence-electron chi connectivity index (χ0n) is 14.3. The van der Waals surface area contributed by atoms with Gasteiger partial charge in [0.25, 0.3) is 0 Å². The molecule has 3 rings (SSSR count). The molecule has 3 heteroatoms. The molecular formula is C19H30N2O. The lowest BCUT2D eigenvalue weighted by Crippen LogP contribution is -2.49. The zero-order chi connectivity index (χ0) is 15.6. The number of benzene rings is 1. The highest BCUT2D eigenvalue weighted by atomic mass is 16.5. The number of methoxy groups -OCH3 is 1. The van der Waals surface area contributed by atoms with Crippen LogP contribution in [0, 0.1) is 5.41 Å². The standard InChI is InChI=1S/C19H30N2O/c1-19(2)8-7-17(14-19)21-11-9-20(10-12-21)15-16-5-4-6-18(13-16)22-3/h4-6,13,17H,7-12,14-15H2,1-3H3. The molecule has 0 bridgehead atoms. The van der Waals surface area contributed by atoms with Gasteiger partial charge >= 0.3 is 0 Å². The van der Waals surface area contributed by atoms with Crippen molar-refractivity contribution in [1.82, 2.24) is 9.80 Å². The number of ether oxygens (including phenoxy) is 1. The van der Waals surface area contributed by atoms with Gasteiger partial charge in [-0.15, -0.1) is 0 Å². The number of piperazine rings is 1. The van der Waals surface area contributed by atoms with E-state index in [4.69, 9.17) is 4.74 Å². The maximum Gasteiger partial charge on any atom is 0.119 e. The number of nitrogens with zero attached hydrogens (tertiary/aromatic N) is 2. The Morgan fingerprint density at radius 3 is 2.59 bits per heavy atom. The van der Waals surface area contributed by atoms with Crippen molar-refractivity contribution in [3.63, 3.8) is 0 Å². The Hall–Kier alpha value is -1.06. The SMILES string of the molecule is COc1cccc(CN2CCN(C3CCC(C)(C)C3)CC2)c1. The van der Waals surface area contributed by atoms with Crippen LogP contribution in [0.1, 0.15) is 38.7 Å². The molecule has 0 radical (unpaired) electrons. The fourth-order valence-electron chi connectivity index (χ4n) is 4.03. The third-order valence-corrected chi connectivity index (χ3v) is 5.41. The van der Waals surface area contributed by atoms with E-state index < -0.39 is 0 Å². The fraction of sp³-hybridized carbons (Fsp3) is 0.684. The molecule has 1 unspecified atom stereocenters. The van der Waals surface area contributed by atoms with Crippen molar-refractivity contribution < 1.29 is 4.74 Å². The van der Waals surface area contributed by atoms with E-state index in [-0.39, 0.29) is 0 Å². The lowest BCUT2D eigenvalue weighted by Gasteiger charge is -2.38. The molecule has 1 aromatic carbocycles. The lowest BCUT2D eigenvalue weighted by molar-refractivity contribution is 0.0895. The second-order valence-corrected chi connectivity index (χ2v) is 7.72. The molecule has 1 saturated carbocycles. The highest BCUT2D eigenvalue weighted by Crippen LogP contribution is 2.39. The van der Waals surface area contributed by atoms with Gasteiger partial charge in [-0.2, -0.15) is 0 Å². The highest BCUT2D eigenvalue weighted by molar-refractivity contribution is 5.28. The third-order valence-electron chi connectivity index (χ3n) is 5.41. The molecule has 1 heterocycles. The summed E-state index contributed by atoms with van der Waals surface area (Å²) in [5.41, 5.74) is 1.91. The number of hydrogen-bond donors (Lipinski definition) is 0. The molecule has 122 valence electrons. The summed E-state index contributed by atoms with van der Waals surface area (Å²) in [5, 5.41) is 0. The second-order valence-electron chi connectivity index (χ2n) is 7.72. The van der Waals surface area contributed by atoms with Crippen LogP contribution in [0.15, 0.2) is 24.3 Å². The Labute approximate surface area is 135 Å². The van der Waals surface area contributed by atoms with Crippen LogP contribution in [0.3, 0.4) is 0 Å². The van der Waals surface area contributed by atoms with E-state index in [0.29, 0.717) is 5.41 Å². The average Bonchev–Trinajstić information content (AvgIpc) is 2.88. The van der Waals surface area contributed by atoms with Crippen molar-refractivity contribution in [2.75, 3.05) is 33.3 Å². The van der Waals surface area contributed by atoms with Crippen molar-refractivity contribution in [2.45, 2.75) is 45.7 Å². The summed E-state index contributed by atoms with van der Waals surface area (Å²) in [6.45, 7) is 10.7. The van der Waals surface area contributed by atoms with Crippen LogP contribution in [0.5, 0.6) is 5.75 Å². The van der Waals surface area contributed by atoms with Gasteiger partial charge in [0.05, 0.1) is 7.11 Å². The van der Waals surface area contributed by atoms with E-state index in [1.54, 1.807) is 7.11 Å². The van der Waals surface area contributed by atoms with E-state index in [9.17, 15) is 0 Å². The molecule has 3 nitrogen and oxygen atoms in total. The summed E-state index contributed by atoms with van der Waals surface area (Å²) in [5.74, 6) is 0.962. The van der Waals surface area contributed by atoms with Crippen LogP contribution in [-0.2, 0) is 6.54 Å². The monoisotopic (exact) mass is 302 g/mol. The van der Waals surface area contributed by atoms with E-state index in [2.05, 4.69) is 41.8 Å². The van der Waals surface area contributed by atoms with Gasteiger partial charge in [-0.05, 0) is 42.4 Å². The number of hydrogen-bond acceptors (Lipinski definition) is 3. The largest absolute Gasteiger partial charge is 0.497 e. The van der Waals surface area contributed by atoms with Gasteiger partial charge in [-0.25, -0.2) is 0 Å². The first-order valence-corrected chi connectivity index (χ1v) is 8.65. The smallest absolute Gasteiger partial charge is 0.119 e. The minimum atomic E-state index is 0.558. The minimum absolute atomic E-state index is 0.558. The maximum absolute atomic E-state index is 5.32. The fourth-order valence-corrected chi connectivity index (χ4v) is 4.03. The highest BCUT2D eigenvalue weighted by Gasteiger charge is 2.35. The van der Waals surface area contributed by atoms with Crippen LogP contribution in [0.4, 0.5) is 0 Å². The van der Waals surface area contributed by atoms with Gasteiger partial charge in [-0.1, -0.05) is 26.0 Å². The molecular weight excluding hydrogens is 272 g/mol. The Balaban J connectivity index is 1.49. The molecule has 0 aromatic heterocycles. The van der Waals surface area contributed by atoms with Gasteiger partial charge in [0.2, 0.25) is 0 Å². The molecule has 2 fully saturated rings. The molecule has 1 saturated heterocycles. The predicted molar refractivity (Wildman–Crippen MR) is 91.3 cm³/mol. The lowest BCUT2D eigenvalue weighted by atomic mass is 9.91. The Morgan fingerprint density at radius 2 is 1.95 bits per heavy atom. The van der Waals surface area contributed by atoms with E-state index in [0.717, 1.165) is 18.3 Å². The first kappa shape index (κ1) is 15.8. The molecule has 1 aliphatic heterocycles. The molecule has 0 amide bonds. The summed E-state index contributed by atoms with van der Waals surface area (Å²) in [6.07, 6.45) is 4.16. The topological polar surface area (TPSA) is 15.7 Å². The summed E-state index contributed by atoms with van der Waals surface area (Å²) in [7, 11) is 1.74. The van der Waals surface area contributed by atoms with Crippen molar-refractivity contribution in [3.8, 4) is 5.75 Å². The Morgan fingerprint density at radius 1 is 1.18 bits per heavy atom. The Kier molecular flexibility index (Phi) is 4.74. The normalized spacial score (nSPS) is 26.2. The van der Waals surface area contributed by atoms with Gasteiger partial charge in [0, 0.05) is 38.8 Å². The summed E-state index contributed by atoms with van der Waals surface area (Å²) in [4.78, 5) is 5.31. The summed E-state index contributed by atoms with van der Waals surface area (Å²) >= 11 is 0. The molecule has 1 aromatic rings. The van der Waals surface area contributed by atoms with Crippen molar-refractivity contribution in [1.29, 1.82) is 0 Å². The molecule has 0 N–H and O–H groups in total. The second kappa shape index (κ2) is 6.59. The van der Waals surface area contributed by atoms with Crippen LogP contribution >= 0.6 is 0 Å². The summed E-state index contributed by atoms with van der Waals surface area (Å²) < 4.78 is 5.32. The minimum Gasteiger partial charge on any atom is -0.497 e. The van der Waals surface area contributed by atoms with Gasteiger partial charge in [-0.3, -0.25) is 9.80 Å². The van der Waals surface area contributed by atoms with Gasteiger partial charge < -0.3 is 4.74 Å². The zero-order valence-corrected chi connectivity index (χ0v) is 14.3. The van der Waals surface area contributed by atoms with Crippen LogP contribution in [-0.4, -0.2) is 49.1 Å². The third kappa shape index (κ3) is 3.82. The van der Waals surface area contributed by atoms with Gasteiger partial charge in [0.1, 0.15) is 5.75 Å². The predicted octanol–water partition coefficient (Wildman–Crippen LogP) is 3.39. The van der Waals surface area contributed by atoms with Gasteiger partial charge in [0.15, 0.2) is 0 Å². The first-order chi connectivity index (χ1) is 10.6. The maximum atomic E-state index is 5.32. The first-order valence-electron chi connectivity index (χ1n) is 8.65. The molecule has 1 aliphatic carbocycles. The molecule has 0 spiro atoms. The Bertz CT molecular complexity index is 492. The van der Waals surface area contributed by atoms with Crippen LogP contribution < -0.4 is 4.74 Å². The molecule has 1 atom stereocenters. The van der Waals surface area contributed by atoms with Crippen molar-refractivity contribution in [2.24, 2.45) is 5.41 Å². The van der Waals surface area contributed by atoms with E-state index >= 15 is 0 Å². The van der Waals surface area contributed by atoms with Crippen molar-refractivity contribution in [3.05, 3.63) is 29.8 Å². The van der Waals surface area contributed by atoms with Crippen molar-refractivity contribution >= 4 is 0 Å².